The van der Waals surface area contributed by atoms with E-state index in [1.807, 2.05) is 0 Å². The van der Waals surface area contributed by atoms with Crippen LogP contribution in [0.4, 0.5) is 15.8 Å². The molecule has 2 amide bonds. The van der Waals surface area contributed by atoms with Crippen molar-refractivity contribution in [2.45, 2.75) is 32.5 Å². The molecular weight excluding hydrogens is 367 g/mol. The molecular formula is C20H19FN2O5. The van der Waals surface area contributed by atoms with Crippen molar-refractivity contribution in [1.29, 1.82) is 0 Å². The quantitative estimate of drug-likeness (QED) is 0.771. The predicted molar refractivity (Wildman–Crippen MR) is 99.4 cm³/mol. The first-order valence-electron chi connectivity index (χ1n) is 8.66. The van der Waals surface area contributed by atoms with Gasteiger partial charge in [-0.15, -0.1) is 0 Å². The van der Waals surface area contributed by atoms with Crippen LogP contribution in [0.15, 0.2) is 42.5 Å². The van der Waals surface area contributed by atoms with E-state index in [9.17, 15) is 18.8 Å². The van der Waals surface area contributed by atoms with Crippen LogP contribution >= 0.6 is 0 Å². The summed E-state index contributed by atoms with van der Waals surface area (Å²) >= 11 is 0. The Morgan fingerprint density at radius 1 is 1.29 bits per heavy atom. The molecule has 0 spiro atoms. The summed E-state index contributed by atoms with van der Waals surface area (Å²) in [6, 6.07) is 11.1. The van der Waals surface area contributed by atoms with Gasteiger partial charge in [-0.3, -0.25) is 14.4 Å². The molecule has 0 unspecified atom stereocenters. The number of carbonyl (C=O) groups is 3. The number of rotatable bonds is 5. The minimum atomic E-state index is -1.13. The molecule has 2 aromatic rings. The topological polar surface area (TPSA) is 93.7 Å². The van der Waals surface area contributed by atoms with Crippen LogP contribution in [-0.4, -0.2) is 30.0 Å². The highest BCUT2D eigenvalue weighted by molar-refractivity contribution is 6.00. The molecule has 0 saturated carbocycles. The first kappa shape index (κ1) is 19.3. The van der Waals surface area contributed by atoms with Crippen LogP contribution in [-0.2, 0) is 19.1 Å². The van der Waals surface area contributed by atoms with Crippen molar-refractivity contribution >= 4 is 29.2 Å². The van der Waals surface area contributed by atoms with E-state index >= 15 is 0 Å². The maximum Gasteiger partial charge on any atom is 0.310 e. The van der Waals surface area contributed by atoms with Gasteiger partial charge >= 0.3 is 5.97 Å². The van der Waals surface area contributed by atoms with Crippen molar-refractivity contribution in [2.24, 2.45) is 0 Å². The Balaban J connectivity index is 1.54. The first-order valence-corrected chi connectivity index (χ1v) is 8.66. The van der Waals surface area contributed by atoms with Gasteiger partial charge in [-0.05, 0) is 43.7 Å². The smallest absolute Gasteiger partial charge is 0.310 e. The summed E-state index contributed by atoms with van der Waals surface area (Å²) in [5.41, 5.74) is 1.22. The van der Waals surface area contributed by atoms with Gasteiger partial charge in [0.2, 0.25) is 0 Å². The zero-order valence-electron chi connectivity index (χ0n) is 15.3. The van der Waals surface area contributed by atoms with E-state index in [0.29, 0.717) is 17.0 Å². The van der Waals surface area contributed by atoms with Crippen molar-refractivity contribution in [3.63, 3.8) is 0 Å². The van der Waals surface area contributed by atoms with Crippen LogP contribution < -0.4 is 15.4 Å². The Hall–Kier alpha value is -3.42. The van der Waals surface area contributed by atoms with Crippen molar-refractivity contribution in [2.75, 3.05) is 10.6 Å². The number of aryl methyl sites for hydroxylation is 1. The highest BCUT2D eigenvalue weighted by Gasteiger charge is 2.31. The van der Waals surface area contributed by atoms with Crippen LogP contribution in [0.5, 0.6) is 5.75 Å². The molecule has 0 bridgehead atoms. The fraction of sp³-hybridized carbons (Fsp3) is 0.250. The largest absolute Gasteiger partial charge is 0.478 e. The van der Waals surface area contributed by atoms with E-state index in [0.717, 1.165) is 0 Å². The summed E-state index contributed by atoms with van der Waals surface area (Å²) in [5.74, 6) is -1.86. The number of benzene rings is 2. The minimum Gasteiger partial charge on any atom is -0.478 e. The van der Waals surface area contributed by atoms with E-state index in [-0.39, 0.29) is 12.1 Å². The number of amides is 2. The van der Waals surface area contributed by atoms with E-state index < -0.39 is 35.8 Å². The minimum absolute atomic E-state index is 0.252. The van der Waals surface area contributed by atoms with Gasteiger partial charge in [-0.25, -0.2) is 4.39 Å². The summed E-state index contributed by atoms with van der Waals surface area (Å²) in [5, 5.41) is 5.12. The fourth-order valence-electron chi connectivity index (χ4n) is 2.59. The van der Waals surface area contributed by atoms with Gasteiger partial charge in [0.1, 0.15) is 11.6 Å². The molecule has 0 saturated heterocycles. The molecule has 3 rings (SSSR count). The van der Waals surface area contributed by atoms with Crippen LogP contribution in [0.1, 0.15) is 18.9 Å². The number of hydrogen-bond acceptors (Lipinski definition) is 5. The lowest BCUT2D eigenvalue weighted by atomic mass is 10.1. The maximum absolute atomic E-state index is 13.6. The predicted octanol–water partition coefficient (Wildman–Crippen LogP) is 2.79. The molecule has 2 aromatic carbocycles. The van der Waals surface area contributed by atoms with Crippen molar-refractivity contribution in [3.8, 4) is 5.75 Å². The van der Waals surface area contributed by atoms with Gasteiger partial charge in [0.05, 0.1) is 12.1 Å². The Morgan fingerprint density at radius 3 is 2.79 bits per heavy atom. The summed E-state index contributed by atoms with van der Waals surface area (Å²) in [7, 11) is 0. The standard InChI is InChI=1S/C20H19FN2O5/c1-11-7-8-13(9-14(11)21)22-19(25)12(2)27-18(24)10-17-20(26)23-15-5-3-4-6-16(15)28-17/h3-9,12,17H,10H2,1-2H3,(H,22,25)(H,23,26)/t12-,17-/m0/s1. The normalized spacial score (nSPS) is 16.2. The van der Waals surface area contributed by atoms with Gasteiger partial charge in [-0.2, -0.15) is 0 Å². The second-order valence-corrected chi connectivity index (χ2v) is 6.38. The zero-order chi connectivity index (χ0) is 20.3. The van der Waals surface area contributed by atoms with Gasteiger partial charge < -0.3 is 20.1 Å². The third kappa shape index (κ3) is 4.46. The molecule has 0 aliphatic carbocycles. The second-order valence-electron chi connectivity index (χ2n) is 6.38. The summed E-state index contributed by atoms with van der Waals surface area (Å²) in [4.78, 5) is 36.3. The average molecular weight is 386 g/mol. The molecule has 28 heavy (non-hydrogen) atoms. The lowest BCUT2D eigenvalue weighted by molar-refractivity contribution is -0.155. The number of para-hydroxylation sites is 2. The molecule has 146 valence electrons. The van der Waals surface area contributed by atoms with Crippen molar-refractivity contribution in [3.05, 3.63) is 53.8 Å². The SMILES string of the molecule is Cc1ccc(NC(=O)[C@H](C)OC(=O)C[C@@H]2Oc3ccccc3NC2=O)cc1F. The molecule has 0 aromatic heterocycles. The van der Waals surface area contributed by atoms with Gasteiger partial charge in [0.25, 0.3) is 11.8 Å². The molecule has 0 radical (unpaired) electrons. The number of ether oxygens (including phenoxy) is 2. The van der Waals surface area contributed by atoms with Gasteiger partial charge in [-0.1, -0.05) is 18.2 Å². The van der Waals surface area contributed by atoms with E-state index in [2.05, 4.69) is 10.6 Å². The van der Waals surface area contributed by atoms with Crippen LogP contribution in [0.25, 0.3) is 0 Å². The van der Waals surface area contributed by atoms with E-state index in [4.69, 9.17) is 9.47 Å². The molecule has 2 atom stereocenters. The molecule has 1 aliphatic rings. The zero-order valence-corrected chi connectivity index (χ0v) is 15.3. The number of anilines is 2. The number of esters is 1. The molecule has 2 N–H and O–H groups in total. The Morgan fingerprint density at radius 2 is 2.04 bits per heavy atom. The number of nitrogens with one attached hydrogen (secondary N) is 2. The summed E-state index contributed by atoms with van der Waals surface area (Å²) in [6.45, 7) is 2.99. The van der Waals surface area contributed by atoms with Gasteiger partial charge in [0.15, 0.2) is 12.2 Å². The third-order valence-corrected chi connectivity index (χ3v) is 4.18. The molecule has 0 fully saturated rings. The summed E-state index contributed by atoms with van der Waals surface area (Å²) in [6.07, 6.45) is -2.53. The Bertz CT molecular complexity index is 931. The maximum atomic E-state index is 13.6. The number of carbonyl (C=O) groups excluding carboxylic acids is 3. The first-order chi connectivity index (χ1) is 13.3. The fourth-order valence-corrected chi connectivity index (χ4v) is 2.59. The molecule has 8 heteroatoms. The number of fused-ring (bicyclic) bond motifs is 1. The second kappa shape index (κ2) is 8.08. The van der Waals surface area contributed by atoms with Crippen LogP contribution in [0.2, 0.25) is 0 Å². The molecule has 7 nitrogen and oxygen atoms in total. The molecule has 1 aliphatic heterocycles. The van der Waals surface area contributed by atoms with Crippen molar-refractivity contribution in [1.82, 2.24) is 0 Å². The number of halogens is 1. The van der Waals surface area contributed by atoms with E-state index in [1.165, 1.54) is 19.1 Å². The lowest BCUT2D eigenvalue weighted by Crippen LogP contribution is -2.40. The highest BCUT2D eigenvalue weighted by Crippen LogP contribution is 2.29. The van der Waals surface area contributed by atoms with Crippen LogP contribution in [0.3, 0.4) is 0 Å². The van der Waals surface area contributed by atoms with E-state index in [1.54, 1.807) is 37.3 Å². The Labute approximate surface area is 160 Å². The lowest BCUT2D eigenvalue weighted by Gasteiger charge is -2.25. The monoisotopic (exact) mass is 386 g/mol. The number of hydrogen-bond donors (Lipinski definition) is 2. The highest BCUT2D eigenvalue weighted by atomic mass is 19.1. The Kier molecular flexibility index (Phi) is 5.58. The summed E-state index contributed by atoms with van der Waals surface area (Å²) < 4.78 is 24.1. The average Bonchev–Trinajstić information content (AvgIpc) is 2.65. The molecule has 1 heterocycles. The van der Waals surface area contributed by atoms with Crippen LogP contribution in [0, 0.1) is 12.7 Å². The van der Waals surface area contributed by atoms with Crippen molar-refractivity contribution < 1.29 is 28.2 Å². The van der Waals surface area contributed by atoms with Gasteiger partial charge in [0, 0.05) is 5.69 Å². The third-order valence-electron chi connectivity index (χ3n) is 4.18.